The van der Waals surface area contributed by atoms with Gasteiger partial charge in [-0.05, 0) is 31.9 Å². The van der Waals surface area contributed by atoms with Crippen LogP contribution < -0.4 is 0 Å². The topological polar surface area (TPSA) is 29.4 Å². The smallest absolute Gasteiger partial charge is 0.172 e. The molecule has 0 saturated heterocycles. The summed E-state index contributed by atoms with van der Waals surface area (Å²) in [5, 5.41) is 0. The highest BCUT2D eigenvalue weighted by Gasteiger charge is 1.99. The number of rotatable bonds is 6. The summed E-state index contributed by atoms with van der Waals surface area (Å²) in [6.45, 7) is 4.18. The Bertz CT molecular complexity index is 357. The first kappa shape index (κ1) is 13.1. The largest absolute Gasteiger partial charge is 0.230 e. The molecular formula is C13H19NOS. The molecule has 1 rings (SSSR count). The van der Waals surface area contributed by atoms with Crippen molar-refractivity contribution in [1.82, 2.24) is 0 Å². The normalized spacial score (nSPS) is 13.1. The van der Waals surface area contributed by atoms with Gasteiger partial charge in [-0.1, -0.05) is 37.5 Å². The van der Waals surface area contributed by atoms with E-state index in [0.717, 1.165) is 17.7 Å². The average molecular weight is 237 g/mol. The minimum atomic E-state index is -1.23. The lowest BCUT2D eigenvalue weighted by atomic mass is 10.2. The molecule has 0 aliphatic heterocycles. The molecule has 0 unspecified atom stereocenters. The zero-order valence-electron chi connectivity index (χ0n) is 9.98. The Hall–Kier alpha value is -0.960. The molecular weight excluding hydrogens is 218 g/mol. The Balaban J connectivity index is 2.43. The highest BCUT2D eigenvalue weighted by Crippen LogP contribution is 2.09. The number of aryl methyl sites for hydroxylation is 1. The van der Waals surface area contributed by atoms with E-state index in [0.29, 0.717) is 0 Å². The first-order valence-corrected chi connectivity index (χ1v) is 6.86. The molecule has 2 nitrogen and oxygen atoms in total. The molecule has 0 spiro atoms. The Labute approximate surface area is 100 Å². The Morgan fingerprint density at radius 3 is 2.56 bits per heavy atom. The van der Waals surface area contributed by atoms with Crippen LogP contribution in [0.2, 0.25) is 0 Å². The quantitative estimate of drug-likeness (QED) is 0.548. The van der Waals surface area contributed by atoms with Crippen molar-refractivity contribution in [2.75, 3.05) is 0 Å². The molecule has 3 heteroatoms. The van der Waals surface area contributed by atoms with E-state index in [9.17, 15) is 4.21 Å². The molecule has 0 heterocycles. The second-order valence-electron chi connectivity index (χ2n) is 3.85. The van der Waals surface area contributed by atoms with Crippen molar-refractivity contribution < 1.29 is 4.21 Å². The zero-order chi connectivity index (χ0) is 11.8. The van der Waals surface area contributed by atoms with E-state index in [1.807, 2.05) is 31.2 Å². The third kappa shape index (κ3) is 4.71. The molecule has 0 fully saturated rings. The van der Waals surface area contributed by atoms with Crippen LogP contribution in [-0.2, 0) is 11.0 Å². The minimum absolute atomic E-state index is 0.775. The lowest BCUT2D eigenvalue weighted by molar-refractivity contribution is 0.684. The summed E-state index contributed by atoms with van der Waals surface area (Å²) < 4.78 is 15.7. The van der Waals surface area contributed by atoms with Gasteiger partial charge in [0.2, 0.25) is 0 Å². The summed E-state index contributed by atoms with van der Waals surface area (Å²) in [7, 11) is -1.23. The van der Waals surface area contributed by atoms with Gasteiger partial charge in [0.25, 0.3) is 0 Å². The maximum absolute atomic E-state index is 11.7. The number of hydrogen-bond acceptors (Lipinski definition) is 1. The van der Waals surface area contributed by atoms with Crippen molar-refractivity contribution in [1.29, 1.82) is 0 Å². The van der Waals surface area contributed by atoms with Crippen LogP contribution in [0.4, 0.5) is 0 Å². The van der Waals surface area contributed by atoms with Crippen molar-refractivity contribution >= 4 is 17.2 Å². The molecule has 16 heavy (non-hydrogen) atoms. The fourth-order valence-corrected chi connectivity index (χ4v) is 2.05. The van der Waals surface area contributed by atoms with Gasteiger partial charge in [-0.25, -0.2) is 4.21 Å². The predicted octanol–water partition coefficient (Wildman–Crippen LogP) is 3.67. The molecule has 1 aromatic rings. The number of unbranched alkanes of at least 4 members (excludes halogenated alkanes) is 3. The first-order valence-electron chi connectivity index (χ1n) is 5.75. The molecule has 0 bridgehead atoms. The van der Waals surface area contributed by atoms with Gasteiger partial charge in [-0.2, -0.15) is 4.40 Å². The summed E-state index contributed by atoms with van der Waals surface area (Å²) in [5.41, 5.74) is 1.17. The second kappa shape index (κ2) is 7.34. The van der Waals surface area contributed by atoms with Crippen LogP contribution in [0.25, 0.3) is 0 Å². The highest BCUT2D eigenvalue weighted by molar-refractivity contribution is 7.83. The number of nitrogens with zero attached hydrogens (tertiary/aromatic N) is 1. The Morgan fingerprint density at radius 2 is 1.94 bits per heavy atom. The SMILES string of the molecule is CCCCC/C=N/[S@@](=O)c1ccc(C)cc1. The molecule has 1 atom stereocenters. The summed E-state index contributed by atoms with van der Waals surface area (Å²) in [6.07, 6.45) is 6.25. The summed E-state index contributed by atoms with van der Waals surface area (Å²) in [6, 6.07) is 7.66. The lowest BCUT2D eigenvalue weighted by Gasteiger charge is -1.97. The molecule has 0 aromatic heterocycles. The Morgan fingerprint density at radius 1 is 1.25 bits per heavy atom. The van der Waals surface area contributed by atoms with Crippen LogP contribution in [0.15, 0.2) is 33.6 Å². The van der Waals surface area contributed by atoms with Gasteiger partial charge in [0, 0.05) is 6.21 Å². The molecule has 88 valence electrons. The Kier molecular flexibility index (Phi) is 6.01. The molecule has 0 aliphatic rings. The van der Waals surface area contributed by atoms with Crippen LogP contribution >= 0.6 is 0 Å². The summed E-state index contributed by atoms with van der Waals surface area (Å²) in [4.78, 5) is 0.775. The van der Waals surface area contributed by atoms with Gasteiger partial charge < -0.3 is 0 Å². The van der Waals surface area contributed by atoms with E-state index in [1.165, 1.54) is 18.4 Å². The fourth-order valence-electron chi connectivity index (χ4n) is 1.32. The monoisotopic (exact) mass is 237 g/mol. The van der Waals surface area contributed by atoms with Gasteiger partial charge in [0.1, 0.15) is 0 Å². The maximum Gasteiger partial charge on any atom is 0.172 e. The summed E-state index contributed by atoms with van der Waals surface area (Å²) in [5.74, 6) is 0. The standard InChI is InChI=1S/C13H19NOS/c1-3-4-5-6-11-14-16(15)13-9-7-12(2)8-10-13/h7-11H,3-6H2,1-2H3/b14-11+/t16-/m0/s1. The van der Waals surface area contributed by atoms with Crippen molar-refractivity contribution in [2.45, 2.75) is 44.4 Å². The van der Waals surface area contributed by atoms with Crippen LogP contribution in [0, 0.1) is 6.92 Å². The van der Waals surface area contributed by atoms with Gasteiger partial charge in [-0.3, -0.25) is 0 Å². The van der Waals surface area contributed by atoms with E-state index in [1.54, 1.807) is 6.21 Å². The second-order valence-corrected chi connectivity index (χ2v) is 5.03. The minimum Gasteiger partial charge on any atom is -0.230 e. The zero-order valence-corrected chi connectivity index (χ0v) is 10.8. The molecule has 0 aliphatic carbocycles. The molecule has 1 aromatic carbocycles. The number of hydrogen-bond donors (Lipinski definition) is 0. The predicted molar refractivity (Wildman–Crippen MR) is 70.2 cm³/mol. The van der Waals surface area contributed by atoms with Crippen molar-refractivity contribution in [3.63, 3.8) is 0 Å². The van der Waals surface area contributed by atoms with Crippen molar-refractivity contribution in [3.05, 3.63) is 29.8 Å². The third-order valence-electron chi connectivity index (χ3n) is 2.33. The van der Waals surface area contributed by atoms with Crippen LogP contribution in [0.1, 0.15) is 38.2 Å². The van der Waals surface area contributed by atoms with Crippen molar-refractivity contribution in [2.24, 2.45) is 4.40 Å². The van der Waals surface area contributed by atoms with E-state index >= 15 is 0 Å². The number of benzene rings is 1. The van der Waals surface area contributed by atoms with E-state index in [2.05, 4.69) is 11.3 Å². The van der Waals surface area contributed by atoms with Gasteiger partial charge in [0.15, 0.2) is 11.0 Å². The maximum atomic E-state index is 11.7. The van der Waals surface area contributed by atoms with Crippen molar-refractivity contribution in [3.8, 4) is 0 Å². The first-order chi connectivity index (χ1) is 7.74. The third-order valence-corrected chi connectivity index (χ3v) is 3.35. The van der Waals surface area contributed by atoms with E-state index in [-0.39, 0.29) is 0 Å². The molecule has 0 N–H and O–H groups in total. The highest BCUT2D eigenvalue weighted by atomic mass is 32.2. The lowest BCUT2D eigenvalue weighted by Crippen LogP contribution is -1.88. The van der Waals surface area contributed by atoms with Crippen LogP contribution in [-0.4, -0.2) is 10.4 Å². The fraction of sp³-hybridized carbons (Fsp3) is 0.462. The van der Waals surface area contributed by atoms with E-state index < -0.39 is 11.0 Å². The van der Waals surface area contributed by atoms with Crippen LogP contribution in [0.5, 0.6) is 0 Å². The van der Waals surface area contributed by atoms with Gasteiger partial charge in [0.05, 0.1) is 4.90 Å². The molecule has 0 amide bonds. The van der Waals surface area contributed by atoms with Gasteiger partial charge in [-0.15, -0.1) is 0 Å². The van der Waals surface area contributed by atoms with E-state index in [4.69, 9.17) is 0 Å². The van der Waals surface area contributed by atoms with Crippen LogP contribution in [0.3, 0.4) is 0 Å². The average Bonchev–Trinajstić information content (AvgIpc) is 2.29. The summed E-state index contributed by atoms with van der Waals surface area (Å²) >= 11 is 0. The molecule has 0 radical (unpaired) electrons. The van der Waals surface area contributed by atoms with Gasteiger partial charge >= 0.3 is 0 Å². The molecule has 0 saturated carbocycles.